The molecule has 0 fully saturated rings. The van der Waals surface area contributed by atoms with Crippen LogP contribution in [0.15, 0.2) is 42.0 Å². The van der Waals surface area contributed by atoms with Gasteiger partial charge in [0.2, 0.25) is 0 Å². The number of nitrogens with zero attached hydrogens (tertiary/aromatic N) is 2. The predicted molar refractivity (Wildman–Crippen MR) is 77.7 cm³/mol. The molecular formula is C14H13N3OS. The average Bonchev–Trinajstić information content (AvgIpc) is 2.90. The van der Waals surface area contributed by atoms with Crippen LogP contribution in [0.3, 0.4) is 0 Å². The second-order valence-electron chi connectivity index (χ2n) is 4.17. The zero-order valence-electron chi connectivity index (χ0n) is 10.2. The fourth-order valence-electron chi connectivity index (χ4n) is 1.97. The van der Waals surface area contributed by atoms with Crippen molar-refractivity contribution in [2.24, 2.45) is 0 Å². The highest BCUT2D eigenvalue weighted by atomic mass is 32.1. The van der Waals surface area contributed by atoms with Crippen molar-refractivity contribution in [1.82, 2.24) is 9.97 Å². The number of para-hydroxylation sites is 1. The van der Waals surface area contributed by atoms with Crippen LogP contribution in [-0.4, -0.2) is 21.6 Å². The summed E-state index contributed by atoms with van der Waals surface area (Å²) in [6.07, 6.45) is 2.32. The summed E-state index contributed by atoms with van der Waals surface area (Å²) in [7, 11) is 0. The first kappa shape index (κ1) is 11.9. The zero-order chi connectivity index (χ0) is 13.1. The predicted octanol–water partition coefficient (Wildman–Crippen LogP) is 3.05. The van der Waals surface area contributed by atoms with E-state index in [1.165, 1.54) is 0 Å². The minimum atomic E-state index is 0.340. The van der Waals surface area contributed by atoms with Gasteiger partial charge in [-0.3, -0.25) is 0 Å². The molecule has 0 saturated heterocycles. The van der Waals surface area contributed by atoms with E-state index in [0.29, 0.717) is 5.75 Å². The Bertz CT molecular complexity index is 696. The van der Waals surface area contributed by atoms with Crippen molar-refractivity contribution in [3.63, 3.8) is 0 Å². The van der Waals surface area contributed by atoms with Gasteiger partial charge in [0.25, 0.3) is 0 Å². The van der Waals surface area contributed by atoms with Gasteiger partial charge in [0, 0.05) is 6.54 Å². The first-order valence-electron chi connectivity index (χ1n) is 6.03. The van der Waals surface area contributed by atoms with E-state index in [0.717, 1.165) is 34.6 Å². The monoisotopic (exact) mass is 271 g/mol. The number of benzene rings is 1. The van der Waals surface area contributed by atoms with E-state index < -0.39 is 0 Å². The smallest absolute Gasteiger partial charge is 0.138 e. The molecule has 2 aromatic heterocycles. The first-order valence-corrected chi connectivity index (χ1v) is 6.91. The highest BCUT2D eigenvalue weighted by Gasteiger charge is 2.04. The molecule has 3 rings (SSSR count). The molecule has 0 aliphatic carbocycles. The Morgan fingerprint density at radius 2 is 2.05 bits per heavy atom. The van der Waals surface area contributed by atoms with Gasteiger partial charge in [0.05, 0.1) is 5.39 Å². The topological polar surface area (TPSA) is 58.0 Å². The van der Waals surface area contributed by atoms with Crippen molar-refractivity contribution in [1.29, 1.82) is 0 Å². The van der Waals surface area contributed by atoms with Crippen molar-refractivity contribution in [3.8, 4) is 5.75 Å². The van der Waals surface area contributed by atoms with Crippen LogP contribution in [0.1, 0.15) is 5.56 Å². The van der Waals surface area contributed by atoms with Gasteiger partial charge in [0.15, 0.2) is 0 Å². The lowest BCUT2D eigenvalue weighted by Gasteiger charge is -2.07. The quantitative estimate of drug-likeness (QED) is 0.765. The normalized spacial score (nSPS) is 10.7. The third kappa shape index (κ3) is 2.51. The third-order valence-electron chi connectivity index (χ3n) is 2.94. The molecular weight excluding hydrogens is 258 g/mol. The number of anilines is 1. The van der Waals surface area contributed by atoms with Gasteiger partial charge in [-0.25, -0.2) is 9.97 Å². The van der Waals surface area contributed by atoms with Crippen LogP contribution in [0.2, 0.25) is 0 Å². The molecule has 0 unspecified atom stereocenters. The van der Waals surface area contributed by atoms with Crippen LogP contribution in [0.5, 0.6) is 5.75 Å². The fourth-order valence-corrected chi connectivity index (χ4v) is 2.70. The Hall–Kier alpha value is -2.14. The molecule has 0 aliphatic heterocycles. The van der Waals surface area contributed by atoms with E-state index in [1.54, 1.807) is 23.7 Å². The summed E-state index contributed by atoms with van der Waals surface area (Å²) in [4.78, 5) is 9.45. The Labute approximate surface area is 114 Å². The molecule has 1 aromatic carbocycles. The first-order chi connectivity index (χ1) is 9.34. The average molecular weight is 271 g/mol. The molecule has 0 radical (unpaired) electrons. The minimum absolute atomic E-state index is 0.340. The highest BCUT2D eigenvalue weighted by molar-refractivity contribution is 7.16. The lowest BCUT2D eigenvalue weighted by Crippen LogP contribution is -2.06. The number of hydrogen-bond donors (Lipinski definition) is 2. The molecule has 96 valence electrons. The summed E-state index contributed by atoms with van der Waals surface area (Å²) in [5.74, 6) is 1.19. The van der Waals surface area contributed by atoms with E-state index in [-0.39, 0.29) is 0 Å². The molecule has 0 saturated carbocycles. The van der Waals surface area contributed by atoms with Crippen LogP contribution < -0.4 is 5.32 Å². The maximum atomic E-state index is 9.69. The number of aromatic hydroxyl groups is 1. The SMILES string of the molecule is Oc1ccccc1CCNc1ncnc2sccc12. The molecule has 0 spiro atoms. The third-order valence-corrected chi connectivity index (χ3v) is 3.76. The van der Waals surface area contributed by atoms with Crippen LogP contribution in [-0.2, 0) is 6.42 Å². The maximum absolute atomic E-state index is 9.69. The number of nitrogens with one attached hydrogen (secondary N) is 1. The van der Waals surface area contributed by atoms with Crippen molar-refractivity contribution in [2.75, 3.05) is 11.9 Å². The van der Waals surface area contributed by atoms with Gasteiger partial charge in [-0.1, -0.05) is 18.2 Å². The van der Waals surface area contributed by atoms with E-state index >= 15 is 0 Å². The fraction of sp³-hybridized carbons (Fsp3) is 0.143. The molecule has 0 amide bonds. The summed E-state index contributed by atoms with van der Waals surface area (Å²) in [6, 6.07) is 9.40. The van der Waals surface area contributed by atoms with Gasteiger partial charge in [0.1, 0.15) is 22.7 Å². The lowest BCUT2D eigenvalue weighted by molar-refractivity contribution is 0.468. The van der Waals surface area contributed by atoms with Gasteiger partial charge in [-0.15, -0.1) is 11.3 Å². The Morgan fingerprint density at radius 3 is 2.95 bits per heavy atom. The Balaban J connectivity index is 1.70. The molecule has 0 atom stereocenters. The van der Waals surface area contributed by atoms with Crippen molar-refractivity contribution in [2.45, 2.75) is 6.42 Å². The zero-order valence-corrected chi connectivity index (χ0v) is 11.0. The van der Waals surface area contributed by atoms with Gasteiger partial charge in [-0.05, 0) is 29.5 Å². The molecule has 3 aromatic rings. The van der Waals surface area contributed by atoms with Crippen LogP contribution in [0, 0.1) is 0 Å². The van der Waals surface area contributed by atoms with Crippen LogP contribution in [0.4, 0.5) is 5.82 Å². The van der Waals surface area contributed by atoms with Crippen LogP contribution in [0.25, 0.3) is 10.2 Å². The molecule has 0 bridgehead atoms. The molecule has 19 heavy (non-hydrogen) atoms. The minimum Gasteiger partial charge on any atom is -0.508 e. The lowest BCUT2D eigenvalue weighted by atomic mass is 10.1. The molecule has 0 aliphatic rings. The number of fused-ring (bicyclic) bond motifs is 1. The summed E-state index contributed by atoms with van der Waals surface area (Å²) in [6.45, 7) is 0.722. The van der Waals surface area contributed by atoms with Crippen molar-refractivity contribution in [3.05, 3.63) is 47.6 Å². The van der Waals surface area contributed by atoms with E-state index in [9.17, 15) is 5.11 Å². The van der Waals surface area contributed by atoms with E-state index in [1.807, 2.05) is 29.6 Å². The number of phenolic OH excluding ortho intramolecular Hbond substituents is 1. The number of rotatable bonds is 4. The number of aromatic nitrogens is 2. The Morgan fingerprint density at radius 1 is 1.16 bits per heavy atom. The van der Waals surface area contributed by atoms with Crippen molar-refractivity contribution < 1.29 is 5.11 Å². The number of phenols is 1. The van der Waals surface area contributed by atoms with Gasteiger partial charge < -0.3 is 10.4 Å². The summed E-state index contributed by atoms with van der Waals surface area (Å²) < 4.78 is 0. The second-order valence-corrected chi connectivity index (χ2v) is 5.06. The summed E-state index contributed by atoms with van der Waals surface area (Å²) in [5.41, 5.74) is 0.936. The molecule has 4 nitrogen and oxygen atoms in total. The second kappa shape index (κ2) is 5.24. The highest BCUT2D eigenvalue weighted by Crippen LogP contribution is 2.23. The van der Waals surface area contributed by atoms with Gasteiger partial charge in [-0.2, -0.15) is 0 Å². The standard InChI is InChI=1S/C14H13N3OS/c18-12-4-2-1-3-10(12)5-7-15-13-11-6-8-19-14(11)17-9-16-13/h1-4,6,8-9,18H,5,7H2,(H,15,16,17). The van der Waals surface area contributed by atoms with Crippen molar-refractivity contribution >= 4 is 27.4 Å². The van der Waals surface area contributed by atoms with E-state index in [4.69, 9.17) is 0 Å². The number of hydrogen-bond acceptors (Lipinski definition) is 5. The molecule has 2 N–H and O–H groups in total. The largest absolute Gasteiger partial charge is 0.508 e. The maximum Gasteiger partial charge on any atom is 0.138 e. The molecule has 5 heteroatoms. The van der Waals surface area contributed by atoms with Gasteiger partial charge >= 0.3 is 0 Å². The Kier molecular flexibility index (Phi) is 3.29. The van der Waals surface area contributed by atoms with E-state index in [2.05, 4.69) is 15.3 Å². The number of thiophene rings is 1. The molecule has 2 heterocycles. The summed E-state index contributed by atoms with van der Waals surface area (Å²) >= 11 is 1.60. The summed E-state index contributed by atoms with van der Waals surface area (Å²) in [5, 5.41) is 16.0. The van der Waals surface area contributed by atoms with Crippen LogP contribution >= 0.6 is 11.3 Å².